The number of hydrogen-bond donors (Lipinski definition) is 2. The van der Waals surface area contributed by atoms with Crippen LogP contribution in [0, 0.1) is 0 Å². The Hall–Kier alpha value is -1.98. The van der Waals surface area contributed by atoms with Crippen LogP contribution < -0.4 is 0 Å². The van der Waals surface area contributed by atoms with Gasteiger partial charge in [0.25, 0.3) is 0 Å². The van der Waals surface area contributed by atoms with E-state index < -0.39 is 17.9 Å². The molecule has 2 rings (SSSR count). The molecule has 2 aromatic rings. The molecule has 1 heterocycles. The van der Waals surface area contributed by atoms with Crippen molar-refractivity contribution in [2.24, 2.45) is 0 Å². The van der Waals surface area contributed by atoms with Crippen LogP contribution in [-0.2, 0) is 11.2 Å². The second-order valence-corrected chi connectivity index (χ2v) is 5.18. The van der Waals surface area contributed by atoms with Gasteiger partial charge >= 0.3 is 11.9 Å². The molecule has 0 radical (unpaired) electrons. The average Bonchev–Trinajstić information content (AvgIpc) is 2.85. The van der Waals surface area contributed by atoms with Crippen molar-refractivity contribution < 1.29 is 24.2 Å². The summed E-state index contributed by atoms with van der Waals surface area (Å²) in [6.07, 6.45) is -0.00995. The molecule has 1 unspecified atom stereocenters. The van der Waals surface area contributed by atoms with E-state index in [1.54, 1.807) is 6.07 Å². The Morgan fingerprint density at radius 1 is 1.14 bits per heavy atom. The van der Waals surface area contributed by atoms with Crippen molar-refractivity contribution in [1.82, 2.24) is 0 Å². The second kappa shape index (κ2) is 6.20. The fraction of sp³-hybridized carbons (Fsp3) is 0.143. The van der Waals surface area contributed by atoms with Gasteiger partial charge in [-0.1, -0.05) is 29.3 Å². The fourth-order valence-electron chi connectivity index (χ4n) is 1.92. The summed E-state index contributed by atoms with van der Waals surface area (Å²) in [6, 6.07) is 7.25. The van der Waals surface area contributed by atoms with Crippen LogP contribution in [0.5, 0.6) is 0 Å². The highest BCUT2D eigenvalue weighted by Crippen LogP contribution is 2.30. The minimum Gasteiger partial charge on any atom is -0.481 e. The van der Waals surface area contributed by atoms with Crippen LogP contribution in [0.2, 0.25) is 10.0 Å². The van der Waals surface area contributed by atoms with E-state index in [-0.39, 0.29) is 23.0 Å². The van der Waals surface area contributed by atoms with Crippen molar-refractivity contribution in [3.8, 4) is 0 Å². The molecule has 0 aliphatic rings. The van der Waals surface area contributed by atoms with E-state index in [1.807, 2.05) is 0 Å². The minimum absolute atomic E-state index is 0.00995. The van der Waals surface area contributed by atoms with Crippen molar-refractivity contribution in [3.63, 3.8) is 0 Å². The Balaban J connectivity index is 2.30. The highest BCUT2D eigenvalue weighted by Gasteiger charge is 2.25. The molecule has 0 amide bonds. The molecule has 1 aromatic carbocycles. The smallest absolute Gasteiger partial charge is 0.371 e. The molecule has 0 aliphatic carbocycles. The molecule has 2 N–H and O–H groups in total. The standard InChI is InChI=1S/C14H10Cl2O5/c15-7-1-3-9(11(16)5-7)10(13(17)18)6-8-2-4-12(21-8)14(19)20/h1-5,10H,6H2,(H,17,18)(H,19,20). The third kappa shape index (κ3) is 3.56. The fourth-order valence-corrected chi connectivity index (χ4v) is 2.46. The van der Waals surface area contributed by atoms with Gasteiger partial charge in [-0.25, -0.2) is 4.79 Å². The number of hydrogen-bond acceptors (Lipinski definition) is 3. The highest BCUT2D eigenvalue weighted by molar-refractivity contribution is 6.35. The second-order valence-electron chi connectivity index (χ2n) is 4.33. The summed E-state index contributed by atoms with van der Waals surface area (Å²) in [5.41, 5.74) is 0.391. The van der Waals surface area contributed by atoms with Crippen LogP contribution >= 0.6 is 23.2 Å². The van der Waals surface area contributed by atoms with Crippen LogP contribution in [-0.4, -0.2) is 22.2 Å². The number of halogens is 2. The lowest BCUT2D eigenvalue weighted by atomic mass is 9.94. The van der Waals surface area contributed by atoms with E-state index in [1.165, 1.54) is 24.3 Å². The topological polar surface area (TPSA) is 87.7 Å². The summed E-state index contributed by atoms with van der Waals surface area (Å²) in [6.45, 7) is 0. The van der Waals surface area contributed by atoms with Crippen molar-refractivity contribution in [1.29, 1.82) is 0 Å². The number of furan rings is 1. The minimum atomic E-state index is -1.21. The Morgan fingerprint density at radius 3 is 2.38 bits per heavy atom. The molecule has 0 saturated carbocycles. The zero-order chi connectivity index (χ0) is 15.6. The average molecular weight is 329 g/mol. The van der Waals surface area contributed by atoms with Gasteiger partial charge in [-0.15, -0.1) is 0 Å². The summed E-state index contributed by atoms with van der Waals surface area (Å²) in [5, 5.41) is 18.8. The van der Waals surface area contributed by atoms with Crippen LogP contribution in [0.3, 0.4) is 0 Å². The largest absolute Gasteiger partial charge is 0.481 e. The number of benzene rings is 1. The van der Waals surface area contributed by atoms with E-state index >= 15 is 0 Å². The first-order chi connectivity index (χ1) is 9.88. The lowest BCUT2D eigenvalue weighted by Crippen LogP contribution is -2.14. The van der Waals surface area contributed by atoms with Crippen LogP contribution in [0.1, 0.15) is 27.8 Å². The summed E-state index contributed by atoms with van der Waals surface area (Å²) >= 11 is 11.8. The Morgan fingerprint density at radius 2 is 1.86 bits per heavy atom. The van der Waals surface area contributed by atoms with E-state index in [9.17, 15) is 14.7 Å². The highest BCUT2D eigenvalue weighted by atomic mass is 35.5. The van der Waals surface area contributed by atoms with Gasteiger partial charge in [0.2, 0.25) is 5.76 Å². The summed E-state index contributed by atoms with van der Waals surface area (Å²) in [5.74, 6) is -3.24. The summed E-state index contributed by atoms with van der Waals surface area (Å²) < 4.78 is 5.08. The van der Waals surface area contributed by atoms with Crippen molar-refractivity contribution in [3.05, 3.63) is 57.5 Å². The van der Waals surface area contributed by atoms with Crippen molar-refractivity contribution in [2.45, 2.75) is 12.3 Å². The van der Waals surface area contributed by atoms with Crippen LogP contribution in [0.15, 0.2) is 34.7 Å². The third-order valence-electron chi connectivity index (χ3n) is 2.91. The van der Waals surface area contributed by atoms with Gasteiger partial charge in [-0.3, -0.25) is 4.79 Å². The molecule has 0 fully saturated rings. The monoisotopic (exact) mass is 328 g/mol. The molecule has 1 aromatic heterocycles. The van der Waals surface area contributed by atoms with Gasteiger partial charge in [0, 0.05) is 16.5 Å². The molecular formula is C14H10Cl2O5. The third-order valence-corrected chi connectivity index (χ3v) is 3.48. The maximum atomic E-state index is 11.4. The lowest BCUT2D eigenvalue weighted by molar-refractivity contribution is -0.138. The molecule has 0 spiro atoms. The molecule has 7 heteroatoms. The number of aromatic carboxylic acids is 1. The van der Waals surface area contributed by atoms with Gasteiger partial charge in [-0.2, -0.15) is 0 Å². The Kier molecular flexibility index (Phi) is 4.55. The first-order valence-corrected chi connectivity index (χ1v) is 6.64. The Bertz CT molecular complexity index is 692. The number of carboxylic acids is 2. The number of carboxylic acid groups (broad SMARTS) is 2. The summed E-state index contributed by atoms with van der Waals surface area (Å²) in [4.78, 5) is 22.2. The predicted molar refractivity (Wildman–Crippen MR) is 76.2 cm³/mol. The first-order valence-electron chi connectivity index (χ1n) is 5.88. The molecule has 0 aliphatic heterocycles. The van der Waals surface area contributed by atoms with Crippen molar-refractivity contribution in [2.75, 3.05) is 0 Å². The van der Waals surface area contributed by atoms with Crippen molar-refractivity contribution >= 4 is 35.1 Å². The number of rotatable bonds is 5. The number of carbonyl (C=O) groups is 2. The zero-order valence-electron chi connectivity index (χ0n) is 10.5. The van der Waals surface area contributed by atoms with Gasteiger partial charge < -0.3 is 14.6 Å². The van der Waals surface area contributed by atoms with Gasteiger partial charge in [0.15, 0.2) is 0 Å². The van der Waals surface area contributed by atoms with Gasteiger partial charge in [0.05, 0.1) is 5.92 Å². The SMILES string of the molecule is O=C(O)c1ccc(CC(C(=O)O)c2ccc(Cl)cc2Cl)o1. The maximum absolute atomic E-state index is 11.4. The molecule has 0 bridgehead atoms. The summed E-state index contributed by atoms with van der Waals surface area (Å²) in [7, 11) is 0. The molecule has 110 valence electrons. The van der Waals surface area contributed by atoms with Gasteiger partial charge in [-0.05, 0) is 29.8 Å². The van der Waals surface area contributed by atoms with E-state index in [2.05, 4.69) is 0 Å². The van der Waals surface area contributed by atoms with E-state index in [0.717, 1.165) is 0 Å². The molecular weight excluding hydrogens is 319 g/mol. The predicted octanol–water partition coefficient (Wildman–Crippen LogP) is 3.70. The lowest BCUT2D eigenvalue weighted by Gasteiger charge is -2.13. The first kappa shape index (κ1) is 15.4. The van der Waals surface area contributed by atoms with Gasteiger partial charge in [0.1, 0.15) is 5.76 Å². The molecule has 5 nitrogen and oxygen atoms in total. The zero-order valence-corrected chi connectivity index (χ0v) is 12.1. The molecule has 1 atom stereocenters. The normalized spacial score (nSPS) is 12.1. The van der Waals surface area contributed by atoms with E-state index in [4.69, 9.17) is 32.7 Å². The quantitative estimate of drug-likeness (QED) is 0.873. The maximum Gasteiger partial charge on any atom is 0.371 e. The van der Waals surface area contributed by atoms with E-state index in [0.29, 0.717) is 10.6 Å². The number of aliphatic carboxylic acids is 1. The van der Waals surface area contributed by atoms with Crippen LogP contribution in [0.25, 0.3) is 0 Å². The Labute approximate surface area is 129 Å². The molecule has 21 heavy (non-hydrogen) atoms. The molecule has 0 saturated heterocycles. The van der Waals surface area contributed by atoms with Crippen LogP contribution in [0.4, 0.5) is 0 Å².